The zero-order valence-electron chi connectivity index (χ0n) is 21.4. The molecule has 0 bridgehead atoms. The quantitative estimate of drug-likeness (QED) is 0.633. The van der Waals surface area contributed by atoms with Gasteiger partial charge in [-0.15, -0.1) is 0 Å². The van der Waals surface area contributed by atoms with Crippen LogP contribution in [0.5, 0.6) is 0 Å². The fraction of sp³-hybridized carbons (Fsp3) is 0.375. The van der Waals surface area contributed by atoms with Gasteiger partial charge >= 0.3 is 0 Å². The van der Waals surface area contributed by atoms with Crippen LogP contribution >= 0.6 is 0 Å². The second kappa shape index (κ2) is 4.76. The van der Waals surface area contributed by atoms with Gasteiger partial charge in [0.2, 0.25) is 0 Å². The number of ketones is 2. The number of hydrogen-bond acceptors (Lipinski definition) is 5. The third kappa shape index (κ3) is 1.94. The van der Waals surface area contributed by atoms with Crippen molar-refractivity contribution in [2.45, 2.75) is 38.5 Å². The van der Waals surface area contributed by atoms with Gasteiger partial charge in [0.1, 0.15) is 17.1 Å². The van der Waals surface area contributed by atoms with E-state index in [2.05, 4.69) is 4.98 Å². The van der Waals surface area contributed by atoms with Gasteiger partial charge in [0.05, 0.1) is 21.4 Å². The number of carbonyl (C=O) groups excluding carboxylic acids is 2. The van der Waals surface area contributed by atoms with E-state index in [9.17, 15) is 14.4 Å². The molecule has 0 spiro atoms. The Kier molecular flexibility index (Phi) is 1.46. The zero-order chi connectivity index (χ0) is 24.8. The predicted octanol–water partition coefficient (Wildman–Crippen LogP) is 1.32. The number of benzene rings is 1. The van der Waals surface area contributed by atoms with E-state index >= 15 is 0 Å². The summed E-state index contributed by atoms with van der Waals surface area (Å²) in [5, 5.41) is -0.689. The minimum atomic E-state index is -3.74. The molecule has 0 amide bonds. The smallest absolute Gasteiger partial charge is 0.264 e. The number of aryl methyl sites for hydroxylation is 1. The molecule has 0 radical (unpaired) electrons. The number of fused-ring (bicyclic) bond motifs is 1. The number of aromatic nitrogens is 2. The Bertz CT molecular complexity index is 1270. The number of rotatable bonds is 1. The molecule has 1 aromatic carbocycles. The highest BCUT2D eigenvalue weighted by atomic mass is 16.2. The first-order valence-electron chi connectivity index (χ1n) is 11.2. The van der Waals surface area contributed by atoms with E-state index in [4.69, 9.17) is 19.4 Å². The highest BCUT2D eigenvalue weighted by molar-refractivity contribution is 6.05. The average Bonchev–Trinajstić information content (AvgIpc) is 2.64. The highest BCUT2D eigenvalue weighted by Gasteiger charge is 2.41. The molecule has 1 unspecified atom stereocenters. The van der Waals surface area contributed by atoms with E-state index in [1.807, 2.05) is 0 Å². The van der Waals surface area contributed by atoms with Crippen LogP contribution in [-0.2, 0) is 15.1 Å². The van der Waals surface area contributed by atoms with Crippen molar-refractivity contribution in [1.82, 2.24) is 9.55 Å². The van der Waals surface area contributed by atoms with Crippen LogP contribution in [0.15, 0.2) is 22.9 Å². The normalized spacial score (nSPS) is 34.0. The number of Topliss-reactive ketones (excluding diaryl/α,β-unsaturated/α-hetero) is 2. The van der Waals surface area contributed by atoms with E-state index in [1.165, 1.54) is 0 Å². The lowest BCUT2D eigenvalue weighted by atomic mass is 9.81. The lowest BCUT2D eigenvalue weighted by Gasteiger charge is -2.34. The summed E-state index contributed by atoms with van der Waals surface area (Å²) in [5.41, 5.74) is -0.249. The Morgan fingerprint density at radius 1 is 1.45 bits per heavy atom. The van der Waals surface area contributed by atoms with Crippen LogP contribution < -0.4 is 11.3 Å². The van der Waals surface area contributed by atoms with E-state index < -0.39 is 89.2 Å². The largest absolute Gasteiger partial charge is 0.398 e. The number of hydrogen-bond donors (Lipinski definition) is 1. The predicted molar refractivity (Wildman–Crippen MR) is 82.7 cm³/mol. The number of nitrogens with zero attached hydrogens (tertiary/aromatic N) is 2. The van der Waals surface area contributed by atoms with E-state index in [-0.39, 0.29) is 4.57 Å². The third-order valence-corrected chi connectivity index (χ3v) is 3.34. The summed E-state index contributed by atoms with van der Waals surface area (Å²) in [6.07, 6.45) is -8.49. The van der Waals surface area contributed by atoms with E-state index in [1.54, 1.807) is 0 Å². The lowest BCUT2D eigenvalue weighted by Crippen LogP contribution is -2.49. The summed E-state index contributed by atoms with van der Waals surface area (Å²) in [6.45, 7) is -2.64. The van der Waals surface area contributed by atoms with Crippen LogP contribution in [0, 0.1) is 6.92 Å². The van der Waals surface area contributed by atoms with Gasteiger partial charge in [-0.1, -0.05) is 6.04 Å². The zero-order valence-corrected chi connectivity index (χ0v) is 11.4. The van der Waals surface area contributed by atoms with Crippen molar-refractivity contribution in [3.63, 3.8) is 0 Å². The fourth-order valence-electron chi connectivity index (χ4n) is 2.30. The van der Waals surface area contributed by atoms with Crippen LogP contribution in [0.25, 0.3) is 10.9 Å². The Labute approximate surface area is 141 Å². The molecular weight excluding hydrogens is 282 g/mol. The molecule has 2 N–H and O–H groups in total. The Morgan fingerprint density at radius 2 is 2.23 bits per heavy atom. The van der Waals surface area contributed by atoms with Crippen LogP contribution in [0.3, 0.4) is 0 Å². The first kappa shape index (κ1) is 6.73. The third-order valence-electron chi connectivity index (χ3n) is 3.34. The molecule has 22 heavy (non-hydrogen) atoms. The summed E-state index contributed by atoms with van der Waals surface area (Å²) in [7, 11) is 0. The standard InChI is InChI=1S/C16H17N3O3/c1-9-18-12-5-3-4-11(17)14(12)15(22)19(9)16(2)7-6-10(20)8-13(16)21/h3-5H,6-8,17H2,1-2H3/i2D3,3D,4D,5D,6D2,7D2. The molecule has 2 aromatic rings. The van der Waals surface area contributed by atoms with Crippen molar-refractivity contribution in [1.29, 1.82) is 0 Å². The van der Waals surface area contributed by atoms with Crippen molar-refractivity contribution < 1.29 is 23.3 Å². The van der Waals surface area contributed by atoms with Crippen LogP contribution in [0.2, 0.25) is 0 Å². The second-order valence-corrected chi connectivity index (χ2v) is 4.80. The Balaban J connectivity index is 2.66. The molecule has 1 atom stereocenters. The highest BCUT2D eigenvalue weighted by Crippen LogP contribution is 2.30. The number of carbonyl (C=O) groups is 2. The summed E-state index contributed by atoms with van der Waals surface area (Å²) < 4.78 is 80.3. The van der Waals surface area contributed by atoms with Gasteiger partial charge < -0.3 is 5.73 Å². The monoisotopic (exact) mass is 309 g/mol. The van der Waals surface area contributed by atoms with Gasteiger partial charge in [-0.2, -0.15) is 0 Å². The molecule has 0 saturated heterocycles. The molecular formula is C16H17N3O3. The SMILES string of the molecule is [2H]c1c([2H])c(N)c2c(=O)n(C3(C([2H])([2H])[2H])C(=O)CC(=O)C([2H])([2H])C3([2H])[2H])c(C)nc2c1[2H]. The van der Waals surface area contributed by atoms with Crippen molar-refractivity contribution in [2.75, 3.05) is 5.73 Å². The molecule has 6 heteroatoms. The van der Waals surface area contributed by atoms with E-state index in [0.29, 0.717) is 0 Å². The molecule has 6 nitrogen and oxygen atoms in total. The molecule has 0 aliphatic heterocycles. The van der Waals surface area contributed by atoms with E-state index in [0.717, 1.165) is 6.92 Å². The topological polar surface area (TPSA) is 95.0 Å². The number of anilines is 1. The van der Waals surface area contributed by atoms with Crippen molar-refractivity contribution in [3.05, 3.63) is 34.3 Å². The molecule has 1 aliphatic rings. The van der Waals surface area contributed by atoms with Crippen molar-refractivity contribution >= 4 is 28.2 Å². The maximum Gasteiger partial charge on any atom is 0.264 e. The fourth-order valence-corrected chi connectivity index (χ4v) is 2.30. The summed E-state index contributed by atoms with van der Waals surface area (Å²) >= 11 is 0. The molecule has 1 heterocycles. The minimum absolute atomic E-state index is 0.161. The van der Waals surface area contributed by atoms with Crippen molar-refractivity contribution in [2.24, 2.45) is 0 Å². The second-order valence-electron chi connectivity index (χ2n) is 4.80. The first-order chi connectivity index (χ1) is 14.4. The van der Waals surface area contributed by atoms with Crippen LogP contribution in [-0.4, -0.2) is 21.1 Å². The maximum atomic E-state index is 13.5. The molecule has 114 valence electrons. The molecule has 3 rings (SSSR count). The summed E-state index contributed by atoms with van der Waals surface area (Å²) in [4.78, 5) is 42.6. The lowest BCUT2D eigenvalue weighted by molar-refractivity contribution is -0.136. The molecule has 1 aromatic heterocycles. The maximum absolute atomic E-state index is 13.5. The van der Waals surface area contributed by atoms with Gasteiger partial charge in [0, 0.05) is 21.7 Å². The summed E-state index contributed by atoms with van der Waals surface area (Å²) in [5.74, 6) is -3.61. The molecule has 1 aliphatic carbocycles. The van der Waals surface area contributed by atoms with Gasteiger partial charge in [-0.25, -0.2) is 4.98 Å². The Morgan fingerprint density at radius 3 is 2.95 bits per heavy atom. The van der Waals surface area contributed by atoms with Crippen molar-refractivity contribution in [3.8, 4) is 0 Å². The molecule has 1 fully saturated rings. The summed E-state index contributed by atoms with van der Waals surface area (Å²) in [6, 6.07) is -2.06. The van der Waals surface area contributed by atoms with Gasteiger partial charge in [0.25, 0.3) is 5.56 Å². The first-order valence-corrected chi connectivity index (χ1v) is 6.23. The van der Waals surface area contributed by atoms with Crippen LogP contribution in [0.1, 0.15) is 45.6 Å². The van der Waals surface area contributed by atoms with Gasteiger partial charge in [-0.3, -0.25) is 19.0 Å². The Hall–Kier alpha value is -2.50. The molecule has 1 saturated carbocycles. The number of nitrogen functional groups attached to an aromatic ring is 1. The average molecular weight is 309 g/mol. The number of nitrogens with two attached hydrogens (primary N) is 1. The minimum Gasteiger partial charge on any atom is -0.398 e. The van der Waals surface area contributed by atoms with Gasteiger partial charge in [0.15, 0.2) is 5.78 Å². The van der Waals surface area contributed by atoms with Gasteiger partial charge in [-0.05, 0) is 32.2 Å². The van der Waals surface area contributed by atoms with Crippen LogP contribution in [0.4, 0.5) is 5.69 Å².